The summed E-state index contributed by atoms with van der Waals surface area (Å²) in [5.74, 6) is 0.618. The molecule has 2 rings (SSSR count). The van der Waals surface area contributed by atoms with Crippen molar-refractivity contribution in [3.8, 4) is 10.7 Å². The maximum atomic E-state index is 11.8. The molecule has 0 saturated heterocycles. The number of carbonyl (C=O) groups is 1. The quantitative estimate of drug-likeness (QED) is 0.808. The van der Waals surface area contributed by atoms with Crippen molar-refractivity contribution in [2.75, 3.05) is 5.75 Å². The number of ketones is 1. The molecule has 0 unspecified atom stereocenters. The fourth-order valence-corrected chi connectivity index (χ4v) is 3.10. The van der Waals surface area contributed by atoms with Gasteiger partial charge in [0.15, 0.2) is 9.35 Å². The first-order chi connectivity index (χ1) is 8.97. The maximum Gasteiger partial charge on any atom is 0.175 e. The predicted octanol–water partition coefficient (Wildman–Crippen LogP) is 2.70. The van der Waals surface area contributed by atoms with Gasteiger partial charge >= 0.3 is 0 Å². The van der Waals surface area contributed by atoms with Gasteiger partial charge in [0.1, 0.15) is 11.5 Å². The largest absolute Gasteiger partial charge is 0.298 e. The second-order valence-corrected chi connectivity index (χ2v) is 7.13. The van der Waals surface area contributed by atoms with Crippen molar-refractivity contribution >= 4 is 28.9 Å². The molecule has 0 saturated carbocycles. The SMILES string of the molecule is CC(C)(C)C(=O)CSc1nnc(-c2cnccn2)s1. The number of aromatic nitrogens is 4. The van der Waals surface area contributed by atoms with Gasteiger partial charge < -0.3 is 0 Å². The van der Waals surface area contributed by atoms with Crippen LogP contribution >= 0.6 is 23.1 Å². The summed E-state index contributed by atoms with van der Waals surface area (Å²) < 4.78 is 0.776. The van der Waals surface area contributed by atoms with Gasteiger partial charge in [0, 0.05) is 17.8 Å². The Morgan fingerprint density at radius 1 is 1.32 bits per heavy atom. The molecule has 0 N–H and O–H groups in total. The number of hydrogen-bond donors (Lipinski definition) is 0. The lowest BCUT2D eigenvalue weighted by Crippen LogP contribution is -2.21. The molecule has 0 amide bonds. The van der Waals surface area contributed by atoms with Gasteiger partial charge in [-0.2, -0.15) is 0 Å². The molecule has 0 radical (unpaired) electrons. The monoisotopic (exact) mass is 294 g/mol. The zero-order chi connectivity index (χ0) is 13.9. The first-order valence-corrected chi connectivity index (χ1v) is 7.53. The van der Waals surface area contributed by atoms with Crippen molar-refractivity contribution < 1.29 is 4.79 Å². The Hall–Kier alpha value is -1.34. The lowest BCUT2D eigenvalue weighted by molar-refractivity contribution is -0.123. The van der Waals surface area contributed by atoms with Gasteiger partial charge in [-0.05, 0) is 0 Å². The number of hydrogen-bond acceptors (Lipinski definition) is 7. The number of rotatable bonds is 4. The van der Waals surface area contributed by atoms with Crippen molar-refractivity contribution in [3.63, 3.8) is 0 Å². The summed E-state index contributed by atoms with van der Waals surface area (Å²) in [5.41, 5.74) is 0.389. The zero-order valence-electron chi connectivity index (χ0n) is 11.0. The van der Waals surface area contributed by atoms with Gasteiger partial charge in [-0.1, -0.05) is 43.9 Å². The molecule has 0 bridgehead atoms. The number of Topliss-reactive ketones (excluding diaryl/α,β-unsaturated/α-hetero) is 1. The highest BCUT2D eigenvalue weighted by molar-refractivity contribution is 8.01. The third-order valence-electron chi connectivity index (χ3n) is 2.35. The van der Waals surface area contributed by atoms with Gasteiger partial charge in [-0.15, -0.1) is 10.2 Å². The molecule has 7 heteroatoms. The molecule has 0 spiro atoms. The van der Waals surface area contributed by atoms with Gasteiger partial charge in [0.25, 0.3) is 0 Å². The first kappa shape index (κ1) is 14.1. The third-order valence-corrected chi connectivity index (χ3v) is 4.43. The van der Waals surface area contributed by atoms with E-state index in [9.17, 15) is 4.79 Å². The molecule has 100 valence electrons. The van der Waals surface area contributed by atoms with Gasteiger partial charge in [0.05, 0.1) is 11.9 Å². The Labute approximate surface area is 119 Å². The van der Waals surface area contributed by atoms with E-state index in [0.717, 1.165) is 9.35 Å². The van der Waals surface area contributed by atoms with Crippen LogP contribution in [0.3, 0.4) is 0 Å². The molecule has 0 fully saturated rings. The van der Waals surface area contributed by atoms with E-state index < -0.39 is 0 Å². The minimum absolute atomic E-state index is 0.203. The average Bonchev–Trinajstić information content (AvgIpc) is 2.84. The van der Waals surface area contributed by atoms with E-state index in [0.29, 0.717) is 11.4 Å². The normalized spacial score (nSPS) is 11.5. The first-order valence-electron chi connectivity index (χ1n) is 5.73. The highest BCUT2D eigenvalue weighted by atomic mass is 32.2. The lowest BCUT2D eigenvalue weighted by atomic mass is 9.92. The molecule has 0 aliphatic rings. The summed E-state index contributed by atoms with van der Waals surface area (Å²) in [7, 11) is 0. The minimum atomic E-state index is -0.314. The molecular weight excluding hydrogens is 280 g/mol. The third kappa shape index (κ3) is 3.81. The van der Waals surface area contributed by atoms with Crippen molar-refractivity contribution in [3.05, 3.63) is 18.6 Å². The highest BCUT2D eigenvalue weighted by Gasteiger charge is 2.21. The van der Waals surface area contributed by atoms with Crippen LogP contribution in [0.1, 0.15) is 20.8 Å². The Morgan fingerprint density at radius 2 is 2.11 bits per heavy atom. The highest BCUT2D eigenvalue weighted by Crippen LogP contribution is 2.29. The van der Waals surface area contributed by atoms with Crippen molar-refractivity contribution in [2.45, 2.75) is 25.1 Å². The number of thioether (sulfide) groups is 1. The molecule has 0 aliphatic carbocycles. The smallest absolute Gasteiger partial charge is 0.175 e. The van der Waals surface area contributed by atoms with Crippen LogP contribution in [0.15, 0.2) is 22.9 Å². The Kier molecular flexibility index (Phi) is 4.26. The van der Waals surface area contributed by atoms with E-state index in [-0.39, 0.29) is 11.2 Å². The molecular formula is C12H14N4OS2. The second-order valence-electron chi connectivity index (χ2n) is 4.93. The van der Waals surface area contributed by atoms with Crippen LogP contribution < -0.4 is 0 Å². The summed E-state index contributed by atoms with van der Waals surface area (Å²) in [6, 6.07) is 0. The predicted molar refractivity (Wildman–Crippen MR) is 76.1 cm³/mol. The Morgan fingerprint density at radius 3 is 2.74 bits per heavy atom. The maximum absolute atomic E-state index is 11.8. The Bertz CT molecular complexity index is 563. The van der Waals surface area contributed by atoms with E-state index in [1.807, 2.05) is 20.8 Å². The van der Waals surface area contributed by atoms with Crippen LogP contribution in [-0.2, 0) is 4.79 Å². The van der Waals surface area contributed by atoms with Crippen LogP contribution in [0.2, 0.25) is 0 Å². The van der Waals surface area contributed by atoms with Crippen LogP contribution in [0.4, 0.5) is 0 Å². The Balaban J connectivity index is 2.01. The molecule has 2 heterocycles. The summed E-state index contributed by atoms with van der Waals surface area (Å²) in [6.07, 6.45) is 4.88. The van der Waals surface area contributed by atoms with Crippen molar-refractivity contribution in [2.24, 2.45) is 5.41 Å². The fourth-order valence-electron chi connectivity index (χ4n) is 1.12. The summed E-state index contributed by atoms with van der Waals surface area (Å²) in [5, 5.41) is 8.84. The van der Waals surface area contributed by atoms with Crippen LogP contribution in [0.5, 0.6) is 0 Å². The lowest BCUT2D eigenvalue weighted by Gasteiger charge is -2.15. The average molecular weight is 294 g/mol. The minimum Gasteiger partial charge on any atom is -0.298 e. The molecule has 2 aromatic rings. The zero-order valence-corrected chi connectivity index (χ0v) is 12.6. The molecule has 0 aliphatic heterocycles. The van der Waals surface area contributed by atoms with Crippen LogP contribution in [-0.4, -0.2) is 31.7 Å². The molecule has 2 aromatic heterocycles. The topological polar surface area (TPSA) is 68.6 Å². The summed E-state index contributed by atoms with van der Waals surface area (Å²) in [6.45, 7) is 5.75. The number of carbonyl (C=O) groups excluding carboxylic acids is 1. The second kappa shape index (κ2) is 5.75. The molecule has 0 atom stereocenters. The molecule has 5 nitrogen and oxygen atoms in total. The van der Waals surface area contributed by atoms with E-state index in [2.05, 4.69) is 20.2 Å². The van der Waals surface area contributed by atoms with E-state index >= 15 is 0 Å². The van der Waals surface area contributed by atoms with Gasteiger partial charge in [0.2, 0.25) is 0 Å². The fraction of sp³-hybridized carbons (Fsp3) is 0.417. The standard InChI is InChI=1S/C12H14N4OS2/c1-12(2,3)9(17)7-18-11-16-15-10(19-11)8-6-13-4-5-14-8/h4-6H,7H2,1-3H3. The summed E-state index contributed by atoms with van der Waals surface area (Å²) >= 11 is 2.84. The van der Waals surface area contributed by atoms with Crippen molar-refractivity contribution in [1.82, 2.24) is 20.2 Å². The van der Waals surface area contributed by atoms with E-state index in [1.165, 1.54) is 23.1 Å². The van der Waals surface area contributed by atoms with Crippen LogP contribution in [0.25, 0.3) is 10.7 Å². The summed E-state index contributed by atoms with van der Waals surface area (Å²) in [4.78, 5) is 20.0. The van der Waals surface area contributed by atoms with Crippen LogP contribution in [0, 0.1) is 5.41 Å². The van der Waals surface area contributed by atoms with Gasteiger partial charge in [-0.25, -0.2) is 0 Å². The molecule has 0 aromatic carbocycles. The van der Waals surface area contributed by atoms with E-state index in [4.69, 9.17) is 0 Å². The molecule has 19 heavy (non-hydrogen) atoms. The number of nitrogens with zero attached hydrogens (tertiary/aromatic N) is 4. The van der Waals surface area contributed by atoms with Gasteiger partial charge in [-0.3, -0.25) is 14.8 Å². The van der Waals surface area contributed by atoms with E-state index in [1.54, 1.807) is 18.6 Å². The van der Waals surface area contributed by atoms with Crippen molar-refractivity contribution in [1.29, 1.82) is 0 Å².